The maximum absolute atomic E-state index is 9.05. The molecule has 19 heavy (non-hydrogen) atoms. The Balaban J connectivity index is 2.11. The van der Waals surface area contributed by atoms with E-state index in [-0.39, 0.29) is 0 Å². The van der Waals surface area contributed by atoms with Gasteiger partial charge in [0.2, 0.25) is 0 Å². The highest BCUT2D eigenvalue weighted by molar-refractivity contribution is 5.57. The van der Waals surface area contributed by atoms with Gasteiger partial charge < -0.3 is 10.2 Å². The summed E-state index contributed by atoms with van der Waals surface area (Å²) in [6.07, 6.45) is 0. The van der Waals surface area contributed by atoms with E-state index in [2.05, 4.69) is 28.4 Å². The molecule has 3 heteroatoms. The molecule has 0 bridgehead atoms. The average Bonchev–Trinajstić information content (AvgIpc) is 2.45. The lowest BCUT2D eigenvalue weighted by atomic mass is 10.1. The molecule has 3 nitrogen and oxygen atoms in total. The van der Waals surface area contributed by atoms with Crippen LogP contribution in [0.25, 0.3) is 0 Å². The highest BCUT2D eigenvalue weighted by Crippen LogP contribution is 2.18. The zero-order valence-corrected chi connectivity index (χ0v) is 11.2. The van der Waals surface area contributed by atoms with Gasteiger partial charge in [-0.15, -0.1) is 0 Å². The monoisotopic (exact) mass is 251 g/mol. The van der Waals surface area contributed by atoms with Crippen molar-refractivity contribution < 1.29 is 0 Å². The first-order valence-electron chi connectivity index (χ1n) is 6.20. The average molecular weight is 251 g/mol. The summed E-state index contributed by atoms with van der Waals surface area (Å²) in [6, 6.07) is 18.1. The first kappa shape index (κ1) is 13.0. The molecular weight excluding hydrogens is 234 g/mol. The highest BCUT2D eigenvalue weighted by Gasteiger charge is 2.01. The van der Waals surface area contributed by atoms with Crippen LogP contribution < -0.4 is 10.2 Å². The standard InChI is InChI=1S/C16H17N3/c1-19(2)16-9-5-8-15(10-16)18-12-14-7-4-3-6-13(14)11-17/h3-10,18H,12H2,1-2H3. The van der Waals surface area contributed by atoms with Crippen molar-refractivity contribution in [3.8, 4) is 6.07 Å². The molecule has 0 heterocycles. The molecule has 0 saturated heterocycles. The molecule has 0 atom stereocenters. The van der Waals surface area contributed by atoms with Crippen molar-refractivity contribution in [1.82, 2.24) is 0 Å². The Bertz CT molecular complexity index is 597. The number of hydrogen-bond acceptors (Lipinski definition) is 3. The fourth-order valence-electron chi connectivity index (χ4n) is 1.87. The molecule has 1 N–H and O–H groups in total. The minimum Gasteiger partial charge on any atom is -0.381 e. The summed E-state index contributed by atoms with van der Waals surface area (Å²) < 4.78 is 0. The summed E-state index contributed by atoms with van der Waals surface area (Å²) in [7, 11) is 4.04. The second-order valence-electron chi connectivity index (χ2n) is 4.57. The van der Waals surface area contributed by atoms with Crippen molar-refractivity contribution in [2.75, 3.05) is 24.3 Å². The molecule has 0 aliphatic carbocycles. The van der Waals surface area contributed by atoms with Crippen molar-refractivity contribution in [1.29, 1.82) is 5.26 Å². The lowest BCUT2D eigenvalue weighted by molar-refractivity contribution is 1.11. The van der Waals surface area contributed by atoms with E-state index in [9.17, 15) is 0 Å². The Labute approximate surface area is 114 Å². The van der Waals surface area contributed by atoms with Gasteiger partial charge in [0, 0.05) is 32.0 Å². The Morgan fingerprint density at radius 1 is 1.11 bits per heavy atom. The fraction of sp³-hybridized carbons (Fsp3) is 0.188. The molecule has 0 unspecified atom stereocenters. The van der Waals surface area contributed by atoms with Gasteiger partial charge in [0.25, 0.3) is 0 Å². The zero-order chi connectivity index (χ0) is 13.7. The molecule has 0 aliphatic rings. The molecule has 0 spiro atoms. The van der Waals surface area contributed by atoms with Crippen molar-refractivity contribution in [3.05, 3.63) is 59.7 Å². The summed E-state index contributed by atoms with van der Waals surface area (Å²) in [5.74, 6) is 0. The Hall–Kier alpha value is -2.47. The van der Waals surface area contributed by atoms with E-state index in [1.165, 1.54) is 0 Å². The van der Waals surface area contributed by atoms with Crippen LogP contribution in [-0.2, 0) is 6.54 Å². The summed E-state index contributed by atoms with van der Waals surface area (Å²) in [5, 5.41) is 12.4. The molecule has 2 aromatic carbocycles. The van der Waals surface area contributed by atoms with Gasteiger partial charge in [-0.2, -0.15) is 5.26 Å². The SMILES string of the molecule is CN(C)c1cccc(NCc2ccccc2C#N)c1. The predicted octanol–water partition coefficient (Wildman–Crippen LogP) is 3.24. The van der Waals surface area contributed by atoms with Crippen LogP contribution in [0.4, 0.5) is 11.4 Å². The van der Waals surface area contributed by atoms with Crippen LogP contribution >= 0.6 is 0 Å². The lowest BCUT2D eigenvalue weighted by Gasteiger charge is -2.14. The number of nitrogens with one attached hydrogen (secondary N) is 1. The second-order valence-corrected chi connectivity index (χ2v) is 4.57. The minimum absolute atomic E-state index is 0.653. The van der Waals surface area contributed by atoms with Gasteiger partial charge in [-0.25, -0.2) is 0 Å². The van der Waals surface area contributed by atoms with E-state index in [1.54, 1.807) is 0 Å². The fourth-order valence-corrected chi connectivity index (χ4v) is 1.87. The smallest absolute Gasteiger partial charge is 0.0995 e. The summed E-state index contributed by atoms with van der Waals surface area (Å²) in [5.41, 5.74) is 3.94. The topological polar surface area (TPSA) is 39.1 Å². The van der Waals surface area contributed by atoms with Gasteiger partial charge in [-0.1, -0.05) is 24.3 Å². The molecule has 0 fully saturated rings. The van der Waals surface area contributed by atoms with Gasteiger partial charge in [-0.05, 0) is 29.8 Å². The summed E-state index contributed by atoms with van der Waals surface area (Å²) in [4.78, 5) is 2.06. The van der Waals surface area contributed by atoms with Crippen LogP contribution in [0.2, 0.25) is 0 Å². The van der Waals surface area contributed by atoms with Gasteiger partial charge in [-0.3, -0.25) is 0 Å². The predicted molar refractivity (Wildman–Crippen MR) is 79.3 cm³/mol. The quantitative estimate of drug-likeness (QED) is 0.906. The first-order valence-corrected chi connectivity index (χ1v) is 6.20. The lowest BCUT2D eigenvalue weighted by Crippen LogP contribution is -2.09. The molecule has 0 aliphatic heterocycles. The third-order valence-corrected chi connectivity index (χ3v) is 2.98. The molecule has 0 aromatic heterocycles. The van der Waals surface area contributed by atoms with Crippen molar-refractivity contribution in [2.24, 2.45) is 0 Å². The Morgan fingerprint density at radius 2 is 1.89 bits per heavy atom. The molecule has 2 aromatic rings. The first-order chi connectivity index (χ1) is 9.20. The molecule has 0 amide bonds. The third kappa shape index (κ3) is 3.26. The van der Waals surface area contributed by atoms with Crippen LogP contribution in [0.1, 0.15) is 11.1 Å². The van der Waals surface area contributed by atoms with Crippen LogP contribution in [0, 0.1) is 11.3 Å². The van der Waals surface area contributed by atoms with Crippen LogP contribution in [0.15, 0.2) is 48.5 Å². The Morgan fingerprint density at radius 3 is 2.63 bits per heavy atom. The van der Waals surface area contributed by atoms with E-state index in [1.807, 2.05) is 50.5 Å². The maximum atomic E-state index is 9.05. The number of nitrogens with zero attached hydrogens (tertiary/aromatic N) is 2. The van der Waals surface area contributed by atoms with Crippen LogP contribution in [0.5, 0.6) is 0 Å². The van der Waals surface area contributed by atoms with Gasteiger partial charge in [0.05, 0.1) is 11.6 Å². The van der Waals surface area contributed by atoms with Crippen molar-refractivity contribution in [3.63, 3.8) is 0 Å². The van der Waals surface area contributed by atoms with Gasteiger partial charge in [0.1, 0.15) is 0 Å². The number of benzene rings is 2. The van der Waals surface area contributed by atoms with E-state index in [0.717, 1.165) is 22.5 Å². The summed E-state index contributed by atoms with van der Waals surface area (Å²) >= 11 is 0. The number of hydrogen-bond donors (Lipinski definition) is 1. The van der Waals surface area contributed by atoms with Crippen LogP contribution in [0.3, 0.4) is 0 Å². The third-order valence-electron chi connectivity index (χ3n) is 2.98. The summed E-state index contributed by atoms with van der Waals surface area (Å²) in [6.45, 7) is 0.653. The zero-order valence-electron chi connectivity index (χ0n) is 11.2. The van der Waals surface area contributed by atoms with Crippen molar-refractivity contribution in [2.45, 2.75) is 6.54 Å². The minimum atomic E-state index is 0.653. The second kappa shape index (κ2) is 5.92. The Kier molecular flexibility index (Phi) is 4.04. The molecule has 96 valence electrons. The molecule has 0 saturated carbocycles. The van der Waals surface area contributed by atoms with Gasteiger partial charge in [0.15, 0.2) is 0 Å². The molecular formula is C16H17N3. The van der Waals surface area contributed by atoms with E-state index in [0.29, 0.717) is 6.54 Å². The highest BCUT2D eigenvalue weighted by atomic mass is 15.1. The molecule has 0 radical (unpaired) electrons. The van der Waals surface area contributed by atoms with Gasteiger partial charge >= 0.3 is 0 Å². The molecule has 2 rings (SSSR count). The maximum Gasteiger partial charge on any atom is 0.0995 e. The van der Waals surface area contributed by atoms with E-state index < -0.39 is 0 Å². The van der Waals surface area contributed by atoms with E-state index >= 15 is 0 Å². The van der Waals surface area contributed by atoms with E-state index in [4.69, 9.17) is 5.26 Å². The number of rotatable bonds is 4. The van der Waals surface area contributed by atoms with Crippen LogP contribution in [-0.4, -0.2) is 14.1 Å². The number of anilines is 2. The van der Waals surface area contributed by atoms with Crippen molar-refractivity contribution >= 4 is 11.4 Å². The largest absolute Gasteiger partial charge is 0.381 e. The normalized spacial score (nSPS) is 9.74. The number of nitriles is 1.